The summed E-state index contributed by atoms with van der Waals surface area (Å²) >= 11 is 7.66. The third-order valence-corrected chi connectivity index (χ3v) is 6.41. The second kappa shape index (κ2) is 10.0. The van der Waals surface area contributed by atoms with Gasteiger partial charge in [0.1, 0.15) is 11.9 Å². The molecule has 1 fully saturated rings. The first-order chi connectivity index (χ1) is 14.7. The SMILES string of the molecule is O=C(c1ccc(SCc2cccnc2)cc1)N1CCC(Oc2ccc(Cl)cc2)CC1. The van der Waals surface area contributed by atoms with Gasteiger partial charge in [-0.25, -0.2) is 0 Å². The summed E-state index contributed by atoms with van der Waals surface area (Å²) in [6.45, 7) is 1.41. The normalized spacial score (nSPS) is 14.5. The molecule has 2 heterocycles. The Kier molecular flexibility index (Phi) is 6.92. The van der Waals surface area contributed by atoms with Gasteiger partial charge in [0.25, 0.3) is 5.91 Å². The number of benzene rings is 2. The molecule has 0 radical (unpaired) electrons. The minimum absolute atomic E-state index is 0.0868. The molecule has 0 saturated carbocycles. The lowest BCUT2D eigenvalue weighted by atomic mass is 10.1. The number of halogens is 1. The van der Waals surface area contributed by atoms with Gasteiger partial charge in [0, 0.05) is 59.6 Å². The summed E-state index contributed by atoms with van der Waals surface area (Å²) in [6, 6.07) is 19.3. The maximum absolute atomic E-state index is 12.8. The molecule has 1 saturated heterocycles. The van der Waals surface area contributed by atoms with E-state index in [0.717, 1.165) is 34.8 Å². The second-order valence-electron chi connectivity index (χ2n) is 7.24. The predicted octanol–water partition coefficient (Wildman–Crippen LogP) is 5.71. The molecule has 0 spiro atoms. The van der Waals surface area contributed by atoms with Crippen LogP contribution in [0, 0.1) is 0 Å². The van der Waals surface area contributed by atoms with Gasteiger partial charge in [-0.15, -0.1) is 11.8 Å². The van der Waals surface area contributed by atoms with Gasteiger partial charge in [-0.05, 0) is 60.2 Å². The van der Waals surface area contributed by atoms with Crippen molar-refractivity contribution in [3.63, 3.8) is 0 Å². The molecule has 2 aromatic carbocycles. The summed E-state index contributed by atoms with van der Waals surface area (Å²) in [6.07, 6.45) is 5.44. The van der Waals surface area contributed by atoms with Crippen molar-refractivity contribution in [3.8, 4) is 5.75 Å². The molecule has 0 bridgehead atoms. The molecule has 4 nitrogen and oxygen atoms in total. The maximum Gasteiger partial charge on any atom is 0.253 e. The molecule has 6 heteroatoms. The first-order valence-electron chi connectivity index (χ1n) is 10.0. The topological polar surface area (TPSA) is 42.4 Å². The van der Waals surface area contributed by atoms with Crippen molar-refractivity contribution >= 4 is 29.3 Å². The van der Waals surface area contributed by atoms with Crippen LogP contribution in [-0.4, -0.2) is 35.0 Å². The number of pyridine rings is 1. The summed E-state index contributed by atoms with van der Waals surface area (Å²) < 4.78 is 6.02. The standard InChI is InChI=1S/C24H23ClN2O2S/c25-20-5-7-21(8-6-20)29-22-11-14-27(15-12-22)24(28)19-3-9-23(10-4-19)30-17-18-2-1-13-26-16-18/h1-10,13,16,22H,11-12,14-15,17H2. The van der Waals surface area contributed by atoms with Gasteiger partial charge in [0.2, 0.25) is 0 Å². The lowest BCUT2D eigenvalue weighted by Crippen LogP contribution is -2.41. The lowest BCUT2D eigenvalue weighted by molar-refractivity contribution is 0.0595. The van der Waals surface area contributed by atoms with E-state index >= 15 is 0 Å². The van der Waals surface area contributed by atoms with Crippen molar-refractivity contribution in [1.29, 1.82) is 0 Å². The van der Waals surface area contributed by atoms with Gasteiger partial charge in [-0.2, -0.15) is 0 Å². The van der Waals surface area contributed by atoms with Crippen LogP contribution >= 0.6 is 23.4 Å². The molecule has 1 aliphatic heterocycles. The van der Waals surface area contributed by atoms with E-state index in [1.165, 1.54) is 5.56 Å². The number of hydrogen-bond acceptors (Lipinski definition) is 4. The molecule has 3 aromatic rings. The van der Waals surface area contributed by atoms with Crippen LogP contribution in [0.5, 0.6) is 5.75 Å². The van der Waals surface area contributed by atoms with Gasteiger partial charge in [0.05, 0.1) is 0 Å². The number of aromatic nitrogens is 1. The zero-order valence-electron chi connectivity index (χ0n) is 16.5. The Bertz CT molecular complexity index is 957. The van der Waals surface area contributed by atoms with Gasteiger partial charge in [-0.1, -0.05) is 17.7 Å². The minimum Gasteiger partial charge on any atom is -0.490 e. The second-order valence-corrected chi connectivity index (χ2v) is 8.72. The molecule has 1 aromatic heterocycles. The lowest BCUT2D eigenvalue weighted by Gasteiger charge is -2.32. The molecule has 1 aliphatic rings. The number of thioether (sulfide) groups is 1. The van der Waals surface area contributed by atoms with Crippen molar-refractivity contribution in [2.75, 3.05) is 13.1 Å². The quantitative estimate of drug-likeness (QED) is 0.462. The highest BCUT2D eigenvalue weighted by Crippen LogP contribution is 2.25. The Balaban J connectivity index is 1.27. The number of hydrogen-bond donors (Lipinski definition) is 0. The van der Waals surface area contributed by atoms with Crippen LogP contribution in [0.3, 0.4) is 0 Å². The average molecular weight is 439 g/mol. The zero-order chi connectivity index (χ0) is 20.8. The van der Waals surface area contributed by atoms with Crippen LogP contribution in [0.15, 0.2) is 78.0 Å². The number of ether oxygens (including phenoxy) is 1. The maximum atomic E-state index is 12.8. The van der Waals surface area contributed by atoms with E-state index in [-0.39, 0.29) is 12.0 Å². The van der Waals surface area contributed by atoms with Crippen LogP contribution in [0.25, 0.3) is 0 Å². The van der Waals surface area contributed by atoms with Crippen LogP contribution in [-0.2, 0) is 5.75 Å². The summed E-state index contributed by atoms with van der Waals surface area (Å²) in [5, 5.41) is 0.698. The molecule has 0 unspecified atom stereocenters. The number of carbonyl (C=O) groups excluding carboxylic acids is 1. The van der Waals surface area contributed by atoms with Crippen LogP contribution < -0.4 is 4.74 Å². The van der Waals surface area contributed by atoms with E-state index in [2.05, 4.69) is 11.1 Å². The smallest absolute Gasteiger partial charge is 0.253 e. The highest BCUT2D eigenvalue weighted by atomic mass is 35.5. The largest absolute Gasteiger partial charge is 0.490 e. The Hall–Kier alpha value is -2.50. The number of nitrogens with zero attached hydrogens (tertiary/aromatic N) is 2. The van der Waals surface area contributed by atoms with E-state index in [1.807, 2.05) is 65.7 Å². The van der Waals surface area contributed by atoms with Gasteiger partial charge >= 0.3 is 0 Å². The van der Waals surface area contributed by atoms with Gasteiger partial charge in [-0.3, -0.25) is 9.78 Å². The monoisotopic (exact) mass is 438 g/mol. The van der Waals surface area contributed by atoms with Crippen LogP contribution in [0.4, 0.5) is 0 Å². The molecular formula is C24H23ClN2O2S. The van der Waals surface area contributed by atoms with E-state index in [0.29, 0.717) is 18.1 Å². The average Bonchev–Trinajstić information content (AvgIpc) is 2.80. The number of piperidine rings is 1. The molecule has 0 aliphatic carbocycles. The van der Waals surface area contributed by atoms with Crippen molar-refractivity contribution in [3.05, 3.63) is 89.2 Å². The molecule has 154 valence electrons. The van der Waals surface area contributed by atoms with E-state index in [4.69, 9.17) is 16.3 Å². The minimum atomic E-state index is 0.0868. The summed E-state index contributed by atoms with van der Waals surface area (Å²) in [4.78, 5) is 20.0. The first kappa shape index (κ1) is 20.8. The fourth-order valence-electron chi connectivity index (χ4n) is 3.41. The molecule has 0 N–H and O–H groups in total. The van der Waals surface area contributed by atoms with Crippen molar-refractivity contribution in [1.82, 2.24) is 9.88 Å². The third kappa shape index (κ3) is 5.55. The molecular weight excluding hydrogens is 416 g/mol. The summed E-state index contributed by atoms with van der Waals surface area (Å²) in [5.41, 5.74) is 1.92. The van der Waals surface area contributed by atoms with Crippen LogP contribution in [0.1, 0.15) is 28.8 Å². The molecule has 30 heavy (non-hydrogen) atoms. The Morgan fingerprint density at radius 3 is 2.47 bits per heavy atom. The third-order valence-electron chi connectivity index (χ3n) is 5.08. The predicted molar refractivity (Wildman–Crippen MR) is 121 cm³/mol. The Morgan fingerprint density at radius 1 is 1.07 bits per heavy atom. The van der Waals surface area contributed by atoms with Crippen molar-refractivity contribution in [2.24, 2.45) is 0 Å². The summed E-state index contributed by atoms with van der Waals surface area (Å²) in [7, 11) is 0. The number of amides is 1. The van der Waals surface area contributed by atoms with E-state index in [1.54, 1.807) is 18.0 Å². The highest BCUT2D eigenvalue weighted by molar-refractivity contribution is 7.98. The fourth-order valence-corrected chi connectivity index (χ4v) is 4.37. The first-order valence-corrected chi connectivity index (χ1v) is 11.4. The Labute approximate surface area is 186 Å². The van der Waals surface area contributed by atoms with E-state index in [9.17, 15) is 4.79 Å². The molecule has 0 atom stereocenters. The van der Waals surface area contributed by atoms with Crippen molar-refractivity contribution < 1.29 is 9.53 Å². The van der Waals surface area contributed by atoms with E-state index < -0.39 is 0 Å². The van der Waals surface area contributed by atoms with Gasteiger partial charge < -0.3 is 9.64 Å². The van der Waals surface area contributed by atoms with Crippen LogP contribution in [0.2, 0.25) is 5.02 Å². The molecule has 4 rings (SSSR count). The number of likely N-dealkylation sites (tertiary alicyclic amines) is 1. The molecule has 1 amide bonds. The van der Waals surface area contributed by atoms with Crippen molar-refractivity contribution in [2.45, 2.75) is 29.6 Å². The zero-order valence-corrected chi connectivity index (χ0v) is 18.1. The van der Waals surface area contributed by atoms with Gasteiger partial charge in [0.15, 0.2) is 0 Å². The fraction of sp³-hybridized carbons (Fsp3) is 0.250. The highest BCUT2D eigenvalue weighted by Gasteiger charge is 2.24. The number of rotatable bonds is 6. The number of carbonyl (C=O) groups is 1. The summed E-state index contributed by atoms with van der Waals surface area (Å²) in [5.74, 6) is 1.77. The Morgan fingerprint density at radius 2 is 1.80 bits per heavy atom.